The Kier molecular flexibility index (Phi) is 6.66. The smallest absolute Gasteiger partial charge is 0.0622 e. The zero-order valence-corrected chi connectivity index (χ0v) is 13.0. The third-order valence-electron chi connectivity index (χ3n) is 5.31. The highest BCUT2D eigenvalue weighted by Crippen LogP contribution is 2.43. The maximum absolute atomic E-state index is 5.72. The highest BCUT2D eigenvalue weighted by molar-refractivity contribution is 4.88. The lowest BCUT2D eigenvalue weighted by molar-refractivity contribution is 0.0603. The molecular weight excluding hydrogens is 234 g/mol. The molecule has 4 atom stereocenters. The van der Waals surface area contributed by atoms with E-state index in [9.17, 15) is 0 Å². The summed E-state index contributed by atoms with van der Waals surface area (Å²) in [7, 11) is 0. The van der Waals surface area contributed by atoms with Crippen molar-refractivity contribution >= 4 is 0 Å². The number of fused-ring (bicyclic) bond motifs is 1. The number of nitrogens with one attached hydrogen (secondary N) is 1. The predicted octanol–water partition coefficient (Wildman–Crippen LogP) is 4.00. The summed E-state index contributed by atoms with van der Waals surface area (Å²) in [5.41, 5.74) is 0. The fourth-order valence-electron chi connectivity index (χ4n) is 4.21. The molecule has 2 fully saturated rings. The Morgan fingerprint density at radius 2 is 1.84 bits per heavy atom. The van der Waals surface area contributed by atoms with Crippen molar-refractivity contribution in [2.45, 2.75) is 71.3 Å². The van der Waals surface area contributed by atoms with Crippen molar-refractivity contribution in [1.29, 1.82) is 0 Å². The molecule has 0 aromatic rings. The molecule has 2 aliphatic rings. The number of hydrogen-bond acceptors (Lipinski definition) is 2. The van der Waals surface area contributed by atoms with Gasteiger partial charge in [-0.25, -0.2) is 0 Å². The van der Waals surface area contributed by atoms with Crippen LogP contribution in [0.25, 0.3) is 0 Å². The average Bonchev–Trinajstić information content (AvgIpc) is 2.47. The minimum Gasteiger partial charge on any atom is -0.380 e. The summed E-state index contributed by atoms with van der Waals surface area (Å²) in [4.78, 5) is 0. The largest absolute Gasteiger partial charge is 0.380 e. The molecule has 0 spiro atoms. The summed E-state index contributed by atoms with van der Waals surface area (Å²) in [6, 6.07) is 0.600. The Bertz CT molecular complexity index is 235. The van der Waals surface area contributed by atoms with E-state index in [4.69, 9.17) is 4.74 Å². The fraction of sp³-hybridized carbons (Fsp3) is 1.00. The van der Waals surface area contributed by atoms with Crippen LogP contribution in [0.5, 0.6) is 0 Å². The lowest BCUT2D eigenvalue weighted by Crippen LogP contribution is -2.44. The van der Waals surface area contributed by atoms with E-state index < -0.39 is 0 Å². The van der Waals surface area contributed by atoms with Gasteiger partial charge < -0.3 is 10.1 Å². The van der Waals surface area contributed by atoms with Crippen LogP contribution < -0.4 is 5.32 Å². The van der Waals surface area contributed by atoms with Gasteiger partial charge in [-0.05, 0) is 56.9 Å². The summed E-state index contributed by atoms with van der Waals surface area (Å²) in [6.45, 7) is 7.27. The first-order valence-electron chi connectivity index (χ1n) is 8.66. The first-order chi connectivity index (χ1) is 9.35. The van der Waals surface area contributed by atoms with Gasteiger partial charge in [0.2, 0.25) is 0 Å². The molecule has 19 heavy (non-hydrogen) atoms. The highest BCUT2D eigenvalue weighted by atomic mass is 16.5. The molecule has 2 saturated carbocycles. The van der Waals surface area contributed by atoms with Gasteiger partial charge in [0, 0.05) is 12.6 Å². The van der Waals surface area contributed by atoms with Crippen molar-refractivity contribution < 1.29 is 4.74 Å². The Labute approximate surface area is 119 Å². The number of ether oxygens (including phenoxy) is 1. The van der Waals surface area contributed by atoms with Crippen molar-refractivity contribution in [2.75, 3.05) is 19.8 Å². The van der Waals surface area contributed by atoms with E-state index in [1.807, 2.05) is 0 Å². The second-order valence-corrected chi connectivity index (χ2v) is 6.60. The van der Waals surface area contributed by atoms with Crippen LogP contribution in [0.15, 0.2) is 0 Å². The van der Waals surface area contributed by atoms with Crippen LogP contribution in [0.3, 0.4) is 0 Å². The van der Waals surface area contributed by atoms with Crippen LogP contribution in [-0.4, -0.2) is 25.8 Å². The van der Waals surface area contributed by atoms with E-state index in [1.165, 1.54) is 51.4 Å². The maximum Gasteiger partial charge on any atom is 0.0622 e. The molecule has 2 aliphatic carbocycles. The lowest BCUT2D eigenvalue weighted by Gasteiger charge is -2.42. The first kappa shape index (κ1) is 15.3. The van der Waals surface area contributed by atoms with Gasteiger partial charge in [-0.2, -0.15) is 0 Å². The quantitative estimate of drug-likeness (QED) is 0.753. The first-order valence-corrected chi connectivity index (χ1v) is 8.66. The summed E-state index contributed by atoms with van der Waals surface area (Å²) >= 11 is 0. The van der Waals surface area contributed by atoms with Crippen molar-refractivity contribution in [3.8, 4) is 0 Å². The van der Waals surface area contributed by atoms with Crippen molar-refractivity contribution in [1.82, 2.24) is 5.32 Å². The number of rotatable bonds is 7. The number of hydrogen-bond donors (Lipinski definition) is 1. The van der Waals surface area contributed by atoms with Gasteiger partial charge >= 0.3 is 0 Å². The van der Waals surface area contributed by atoms with E-state index in [1.54, 1.807) is 0 Å². The molecule has 0 aromatic carbocycles. The van der Waals surface area contributed by atoms with Gasteiger partial charge in [0.05, 0.1) is 6.61 Å². The van der Waals surface area contributed by atoms with Gasteiger partial charge in [0.1, 0.15) is 0 Å². The van der Waals surface area contributed by atoms with Gasteiger partial charge in [-0.3, -0.25) is 0 Å². The lowest BCUT2D eigenvalue weighted by atomic mass is 9.66. The molecular formula is C17H33NO. The Morgan fingerprint density at radius 3 is 2.58 bits per heavy atom. The molecule has 2 heteroatoms. The standard InChI is InChI=1S/C17H33NO/c1-3-11-18-17(13-19-4-2)16-10-9-14-7-5-6-8-15(14)12-16/h14-18H,3-13H2,1-2H3. The van der Waals surface area contributed by atoms with E-state index in [0.29, 0.717) is 6.04 Å². The molecule has 0 bridgehead atoms. The molecule has 112 valence electrons. The minimum absolute atomic E-state index is 0.600. The maximum atomic E-state index is 5.72. The molecule has 0 heterocycles. The highest BCUT2D eigenvalue weighted by Gasteiger charge is 2.35. The minimum atomic E-state index is 0.600. The summed E-state index contributed by atoms with van der Waals surface area (Å²) < 4.78 is 5.72. The van der Waals surface area contributed by atoms with Crippen molar-refractivity contribution in [3.05, 3.63) is 0 Å². The molecule has 0 saturated heterocycles. The molecule has 4 unspecified atom stereocenters. The summed E-state index contributed by atoms with van der Waals surface area (Å²) in [6.07, 6.45) is 11.6. The van der Waals surface area contributed by atoms with Crippen LogP contribution in [0.1, 0.15) is 65.2 Å². The third-order valence-corrected chi connectivity index (χ3v) is 5.31. The predicted molar refractivity (Wildman–Crippen MR) is 81.4 cm³/mol. The SMILES string of the molecule is CCCNC(COCC)C1CCC2CCCCC2C1. The van der Waals surface area contributed by atoms with Gasteiger partial charge in [-0.15, -0.1) is 0 Å². The van der Waals surface area contributed by atoms with Crippen molar-refractivity contribution in [2.24, 2.45) is 17.8 Å². The zero-order valence-electron chi connectivity index (χ0n) is 13.0. The van der Waals surface area contributed by atoms with Crippen LogP contribution in [0, 0.1) is 17.8 Å². The summed E-state index contributed by atoms with van der Waals surface area (Å²) in [5.74, 6) is 2.95. The molecule has 2 nitrogen and oxygen atoms in total. The van der Waals surface area contributed by atoms with Crippen molar-refractivity contribution in [3.63, 3.8) is 0 Å². The van der Waals surface area contributed by atoms with Crippen LogP contribution >= 0.6 is 0 Å². The van der Waals surface area contributed by atoms with Gasteiger partial charge in [-0.1, -0.05) is 32.6 Å². The Morgan fingerprint density at radius 1 is 1.05 bits per heavy atom. The second-order valence-electron chi connectivity index (χ2n) is 6.60. The van der Waals surface area contributed by atoms with E-state index in [-0.39, 0.29) is 0 Å². The van der Waals surface area contributed by atoms with Gasteiger partial charge in [0.25, 0.3) is 0 Å². The van der Waals surface area contributed by atoms with Crippen LogP contribution in [0.2, 0.25) is 0 Å². The van der Waals surface area contributed by atoms with E-state index in [0.717, 1.165) is 37.5 Å². The molecule has 0 aromatic heterocycles. The Balaban J connectivity index is 1.85. The molecule has 0 amide bonds. The fourth-order valence-corrected chi connectivity index (χ4v) is 4.21. The van der Waals surface area contributed by atoms with Gasteiger partial charge in [0.15, 0.2) is 0 Å². The Hall–Kier alpha value is -0.0800. The third kappa shape index (κ3) is 4.46. The average molecular weight is 267 g/mol. The molecule has 1 N–H and O–H groups in total. The van der Waals surface area contributed by atoms with Crippen LogP contribution in [0.4, 0.5) is 0 Å². The summed E-state index contributed by atoms with van der Waals surface area (Å²) in [5, 5.41) is 3.74. The normalized spacial score (nSPS) is 32.8. The second kappa shape index (κ2) is 8.26. The monoisotopic (exact) mass is 267 g/mol. The zero-order chi connectivity index (χ0) is 13.5. The molecule has 0 radical (unpaired) electrons. The van der Waals surface area contributed by atoms with Crippen LogP contribution in [-0.2, 0) is 4.74 Å². The molecule has 0 aliphatic heterocycles. The topological polar surface area (TPSA) is 21.3 Å². The molecule has 2 rings (SSSR count). The van der Waals surface area contributed by atoms with E-state index in [2.05, 4.69) is 19.2 Å². The van der Waals surface area contributed by atoms with E-state index >= 15 is 0 Å².